The summed E-state index contributed by atoms with van der Waals surface area (Å²) >= 11 is 0. The molecule has 5 heteroatoms. The topological polar surface area (TPSA) is 40.6 Å². The van der Waals surface area contributed by atoms with E-state index in [0.717, 1.165) is 32.5 Å². The van der Waals surface area contributed by atoms with Gasteiger partial charge in [-0.2, -0.15) is 4.31 Å². The van der Waals surface area contributed by atoms with Gasteiger partial charge in [-0.15, -0.1) is 0 Å². The molecule has 2 aliphatic rings. The number of rotatable bonds is 3. The van der Waals surface area contributed by atoms with Crippen LogP contribution < -0.4 is 0 Å². The van der Waals surface area contributed by atoms with E-state index in [9.17, 15) is 8.42 Å². The number of likely N-dealkylation sites (N-methyl/N-ethyl adjacent to an activating group) is 1. The molecule has 1 aromatic carbocycles. The zero-order valence-electron chi connectivity index (χ0n) is 12.7. The number of fused-ring (bicyclic) bond motifs is 1. The Morgan fingerprint density at radius 3 is 2.33 bits per heavy atom. The molecule has 0 amide bonds. The Hall–Kier alpha value is -0.910. The van der Waals surface area contributed by atoms with Crippen LogP contribution in [0.15, 0.2) is 23.1 Å². The van der Waals surface area contributed by atoms with Crippen LogP contribution in [-0.4, -0.2) is 50.3 Å². The van der Waals surface area contributed by atoms with Crippen molar-refractivity contribution in [2.75, 3.05) is 32.7 Å². The summed E-state index contributed by atoms with van der Waals surface area (Å²) in [5.41, 5.74) is 2.56. The third-order valence-corrected chi connectivity index (χ3v) is 6.63. The first-order chi connectivity index (χ1) is 10.1. The van der Waals surface area contributed by atoms with Crippen molar-refractivity contribution < 1.29 is 8.42 Å². The fourth-order valence-electron chi connectivity index (χ4n) is 3.31. The number of hydrogen-bond donors (Lipinski definition) is 0. The SMILES string of the molecule is CCN1CCN(S(=O)(=O)c2ccc3c(c2)CCCC3)CC1. The standard InChI is InChI=1S/C16H24N2O2S/c1-2-17-9-11-18(12-10-17)21(19,20)16-8-7-14-5-3-4-6-15(14)13-16/h7-8,13H,2-6,9-12H2,1H3. The molecule has 0 N–H and O–H groups in total. The van der Waals surface area contributed by atoms with Gasteiger partial charge in [-0.3, -0.25) is 0 Å². The average Bonchev–Trinajstić information content (AvgIpc) is 2.54. The molecule has 0 aromatic heterocycles. The van der Waals surface area contributed by atoms with Gasteiger partial charge in [-0.1, -0.05) is 13.0 Å². The summed E-state index contributed by atoms with van der Waals surface area (Å²) in [6.45, 7) is 5.99. The smallest absolute Gasteiger partial charge is 0.243 e. The molecule has 1 fully saturated rings. The minimum atomic E-state index is -3.32. The summed E-state index contributed by atoms with van der Waals surface area (Å²) in [7, 11) is -3.32. The largest absolute Gasteiger partial charge is 0.301 e. The zero-order valence-corrected chi connectivity index (χ0v) is 13.5. The van der Waals surface area contributed by atoms with E-state index in [1.165, 1.54) is 24.0 Å². The second kappa shape index (κ2) is 6.07. The van der Waals surface area contributed by atoms with Gasteiger partial charge in [-0.05, 0) is 55.5 Å². The van der Waals surface area contributed by atoms with E-state index in [0.29, 0.717) is 18.0 Å². The highest BCUT2D eigenvalue weighted by atomic mass is 32.2. The predicted molar refractivity (Wildman–Crippen MR) is 84.0 cm³/mol. The number of piperazine rings is 1. The number of hydrogen-bond acceptors (Lipinski definition) is 3. The van der Waals surface area contributed by atoms with Gasteiger partial charge in [0, 0.05) is 26.2 Å². The van der Waals surface area contributed by atoms with Gasteiger partial charge in [0.25, 0.3) is 0 Å². The number of benzene rings is 1. The first-order valence-corrected chi connectivity index (χ1v) is 9.39. The van der Waals surface area contributed by atoms with Crippen molar-refractivity contribution in [3.8, 4) is 0 Å². The average molecular weight is 308 g/mol. The van der Waals surface area contributed by atoms with E-state index in [1.54, 1.807) is 10.4 Å². The van der Waals surface area contributed by atoms with Gasteiger partial charge in [0.2, 0.25) is 10.0 Å². The highest BCUT2D eigenvalue weighted by Crippen LogP contribution is 2.26. The fraction of sp³-hybridized carbons (Fsp3) is 0.625. The van der Waals surface area contributed by atoms with Crippen molar-refractivity contribution in [2.45, 2.75) is 37.5 Å². The van der Waals surface area contributed by atoms with Gasteiger partial charge in [0.15, 0.2) is 0 Å². The predicted octanol–water partition coefficient (Wildman–Crippen LogP) is 1.89. The zero-order chi connectivity index (χ0) is 14.9. The lowest BCUT2D eigenvalue weighted by atomic mass is 9.92. The van der Waals surface area contributed by atoms with Gasteiger partial charge in [0.1, 0.15) is 0 Å². The third kappa shape index (κ3) is 3.00. The van der Waals surface area contributed by atoms with Gasteiger partial charge in [0.05, 0.1) is 4.90 Å². The molecule has 0 bridgehead atoms. The van der Waals surface area contributed by atoms with Crippen LogP contribution in [0.5, 0.6) is 0 Å². The molecule has 0 saturated carbocycles. The second-order valence-corrected chi connectivity index (χ2v) is 7.91. The Morgan fingerprint density at radius 2 is 1.67 bits per heavy atom. The van der Waals surface area contributed by atoms with Crippen LogP contribution in [0.2, 0.25) is 0 Å². The van der Waals surface area contributed by atoms with Gasteiger partial charge in [-0.25, -0.2) is 8.42 Å². The first kappa shape index (κ1) is 15.0. The highest BCUT2D eigenvalue weighted by molar-refractivity contribution is 7.89. The van der Waals surface area contributed by atoms with Crippen molar-refractivity contribution in [3.63, 3.8) is 0 Å². The van der Waals surface area contributed by atoms with Crippen molar-refractivity contribution in [2.24, 2.45) is 0 Å². The van der Waals surface area contributed by atoms with E-state index < -0.39 is 10.0 Å². The number of sulfonamides is 1. The van der Waals surface area contributed by atoms with Crippen molar-refractivity contribution >= 4 is 10.0 Å². The van der Waals surface area contributed by atoms with E-state index in [2.05, 4.69) is 11.8 Å². The van der Waals surface area contributed by atoms with Crippen molar-refractivity contribution in [1.82, 2.24) is 9.21 Å². The molecule has 21 heavy (non-hydrogen) atoms. The Morgan fingerprint density at radius 1 is 1.00 bits per heavy atom. The lowest BCUT2D eigenvalue weighted by Gasteiger charge is -2.33. The lowest BCUT2D eigenvalue weighted by Crippen LogP contribution is -2.48. The minimum Gasteiger partial charge on any atom is -0.301 e. The number of nitrogens with zero attached hydrogens (tertiary/aromatic N) is 2. The summed E-state index contributed by atoms with van der Waals surface area (Å²) in [4.78, 5) is 2.77. The van der Waals surface area contributed by atoms with E-state index in [1.807, 2.05) is 12.1 Å². The van der Waals surface area contributed by atoms with Crippen LogP contribution in [-0.2, 0) is 22.9 Å². The van der Waals surface area contributed by atoms with Crippen LogP contribution in [0.3, 0.4) is 0 Å². The summed E-state index contributed by atoms with van der Waals surface area (Å²) in [5, 5.41) is 0. The molecule has 0 spiro atoms. The number of aryl methyl sites for hydroxylation is 2. The lowest BCUT2D eigenvalue weighted by molar-refractivity contribution is 0.196. The van der Waals surface area contributed by atoms with Crippen molar-refractivity contribution in [1.29, 1.82) is 0 Å². The monoisotopic (exact) mass is 308 g/mol. The highest BCUT2D eigenvalue weighted by Gasteiger charge is 2.28. The normalized spacial score (nSPS) is 21.2. The molecule has 116 valence electrons. The molecule has 1 saturated heterocycles. The quantitative estimate of drug-likeness (QED) is 0.856. The summed E-state index contributed by atoms with van der Waals surface area (Å²) in [6.07, 6.45) is 4.50. The Labute approximate surface area is 127 Å². The van der Waals surface area contributed by atoms with Crippen LogP contribution in [0.1, 0.15) is 30.9 Å². The van der Waals surface area contributed by atoms with Crippen LogP contribution in [0.4, 0.5) is 0 Å². The Bertz CT molecular complexity index is 605. The molecule has 3 rings (SSSR count). The molecule has 0 unspecified atom stereocenters. The Balaban J connectivity index is 1.82. The summed E-state index contributed by atoms with van der Waals surface area (Å²) in [6, 6.07) is 5.73. The van der Waals surface area contributed by atoms with Gasteiger partial charge >= 0.3 is 0 Å². The summed E-state index contributed by atoms with van der Waals surface area (Å²) < 4.78 is 27.2. The van der Waals surface area contributed by atoms with Crippen LogP contribution in [0, 0.1) is 0 Å². The second-order valence-electron chi connectivity index (χ2n) is 5.98. The van der Waals surface area contributed by atoms with Crippen LogP contribution >= 0.6 is 0 Å². The molecule has 0 radical (unpaired) electrons. The molecule has 0 atom stereocenters. The molecule has 1 heterocycles. The molecule has 1 aliphatic heterocycles. The van der Waals surface area contributed by atoms with E-state index in [-0.39, 0.29) is 0 Å². The van der Waals surface area contributed by atoms with Crippen LogP contribution in [0.25, 0.3) is 0 Å². The molecular weight excluding hydrogens is 284 g/mol. The van der Waals surface area contributed by atoms with E-state index >= 15 is 0 Å². The summed E-state index contributed by atoms with van der Waals surface area (Å²) in [5.74, 6) is 0. The van der Waals surface area contributed by atoms with E-state index in [4.69, 9.17) is 0 Å². The van der Waals surface area contributed by atoms with Gasteiger partial charge < -0.3 is 4.90 Å². The minimum absolute atomic E-state index is 0.480. The molecular formula is C16H24N2O2S. The maximum atomic E-state index is 12.8. The third-order valence-electron chi connectivity index (χ3n) is 4.74. The maximum absolute atomic E-state index is 12.8. The molecule has 1 aliphatic carbocycles. The molecule has 1 aromatic rings. The first-order valence-electron chi connectivity index (χ1n) is 7.95. The van der Waals surface area contributed by atoms with Crippen molar-refractivity contribution in [3.05, 3.63) is 29.3 Å². The fourth-order valence-corrected chi connectivity index (χ4v) is 4.78. The Kier molecular flexibility index (Phi) is 4.33. The molecule has 4 nitrogen and oxygen atoms in total. The maximum Gasteiger partial charge on any atom is 0.243 e.